The van der Waals surface area contributed by atoms with Gasteiger partial charge in [-0.3, -0.25) is 4.79 Å². The Morgan fingerprint density at radius 2 is 1.94 bits per heavy atom. The topological polar surface area (TPSA) is 72.8 Å². The Morgan fingerprint density at radius 1 is 1.21 bits per heavy atom. The highest BCUT2D eigenvalue weighted by atomic mass is 19.1. The molecule has 0 bridgehead atoms. The third-order valence-electron chi connectivity index (χ3n) is 7.39. The first-order valence-electron chi connectivity index (χ1n) is 12.8. The molecule has 0 unspecified atom stereocenters. The largest absolute Gasteiger partial charge is 0.349 e. The number of carbonyl (C=O) groups is 1. The van der Waals surface area contributed by atoms with Crippen LogP contribution in [-0.4, -0.2) is 42.7 Å². The smallest absolute Gasteiger partial charge is 0.223 e. The zero-order valence-corrected chi connectivity index (χ0v) is 20.6. The lowest BCUT2D eigenvalue weighted by molar-refractivity contribution is -0.603. The molecule has 1 amide bonds. The molecule has 0 aromatic heterocycles. The Labute approximate surface area is 198 Å². The minimum absolute atomic E-state index is 0.115. The van der Waals surface area contributed by atoms with Crippen LogP contribution < -0.4 is 10.6 Å². The van der Waals surface area contributed by atoms with Crippen LogP contribution in [0, 0.1) is 23.1 Å². The molecular formula is C27H42FN4O+. The number of benzene rings is 1. The number of hydrogen-bond donors (Lipinski definition) is 3. The van der Waals surface area contributed by atoms with Crippen LogP contribution >= 0.6 is 0 Å². The van der Waals surface area contributed by atoms with Crippen LogP contribution in [0.4, 0.5) is 4.39 Å². The fraction of sp³-hybridized carbons (Fsp3) is 0.630. The maximum atomic E-state index is 13.9. The molecule has 2 aliphatic rings. The number of allylic oxidation sites excluding steroid dienone is 2. The molecule has 1 aromatic carbocycles. The van der Waals surface area contributed by atoms with Crippen molar-refractivity contribution in [2.45, 2.75) is 71.8 Å². The van der Waals surface area contributed by atoms with Gasteiger partial charge in [-0.1, -0.05) is 25.5 Å². The Kier molecular flexibility index (Phi) is 9.63. The van der Waals surface area contributed by atoms with Crippen molar-refractivity contribution in [3.8, 4) is 0 Å². The minimum Gasteiger partial charge on any atom is -0.349 e. The summed E-state index contributed by atoms with van der Waals surface area (Å²) >= 11 is 0. The van der Waals surface area contributed by atoms with Gasteiger partial charge in [-0.2, -0.15) is 0 Å². The van der Waals surface area contributed by atoms with Gasteiger partial charge in [0.05, 0.1) is 12.6 Å². The minimum atomic E-state index is -0.256. The molecule has 5 nitrogen and oxygen atoms in total. The van der Waals surface area contributed by atoms with E-state index in [0.717, 1.165) is 82.4 Å². The van der Waals surface area contributed by atoms with Crippen molar-refractivity contribution in [2.24, 2.45) is 11.8 Å². The number of nitrogens with zero attached hydrogens (tertiary/aromatic N) is 1. The van der Waals surface area contributed by atoms with E-state index in [0.29, 0.717) is 5.92 Å². The molecule has 182 valence electrons. The number of amides is 1. The van der Waals surface area contributed by atoms with E-state index >= 15 is 0 Å². The first kappa shape index (κ1) is 25.6. The predicted molar refractivity (Wildman–Crippen MR) is 132 cm³/mol. The second-order valence-electron chi connectivity index (χ2n) is 9.69. The zero-order chi connectivity index (χ0) is 23.8. The van der Waals surface area contributed by atoms with Gasteiger partial charge in [0.1, 0.15) is 11.5 Å². The molecule has 1 saturated heterocycles. The Bertz CT molecular complexity index is 840. The molecule has 33 heavy (non-hydrogen) atoms. The fourth-order valence-electron chi connectivity index (χ4n) is 5.18. The standard InChI is InChI=1S/C27H41FN4O/c1-4-24(29)26(19(3)30-5-2)20-12-15-32(16-13-20)17-14-25(22-10-7-11-23(28)18-22)31-27(33)21-8-6-9-21/h7,10-11,18,20-21,25,29-30H,4-6,8-9,12-17H2,1-3H3,(H,31,33)/p+1/b26-19-,29-24?/t25-/m0/s1. The molecule has 3 rings (SSSR count). The lowest BCUT2D eigenvalue weighted by atomic mass is 9.84. The van der Waals surface area contributed by atoms with E-state index in [1.54, 1.807) is 12.1 Å². The molecule has 1 saturated carbocycles. The summed E-state index contributed by atoms with van der Waals surface area (Å²) in [7, 11) is 0. The van der Waals surface area contributed by atoms with Crippen LogP contribution in [0.15, 0.2) is 35.5 Å². The SMILES string of the molecule is CC[NH2+]/C(C)=C(\C(=N)CC)C1CCN(CC[C@H](NC(=O)C2CCC2)c2cccc(F)c2)CC1. The van der Waals surface area contributed by atoms with Crippen molar-refractivity contribution in [3.63, 3.8) is 0 Å². The Hall–Kier alpha value is -2.05. The van der Waals surface area contributed by atoms with E-state index in [1.165, 1.54) is 17.3 Å². The highest BCUT2D eigenvalue weighted by Gasteiger charge is 2.29. The van der Waals surface area contributed by atoms with Crippen molar-refractivity contribution in [3.05, 3.63) is 46.9 Å². The number of carbonyl (C=O) groups excluding carboxylic acids is 1. The van der Waals surface area contributed by atoms with Crippen LogP contribution in [0.1, 0.15) is 77.3 Å². The molecule has 1 aliphatic heterocycles. The first-order chi connectivity index (χ1) is 15.9. The molecule has 0 spiro atoms. The average molecular weight is 458 g/mol. The van der Waals surface area contributed by atoms with Crippen LogP contribution in [0.5, 0.6) is 0 Å². The van der Waals surface area contributed by atoms with Crippen LogP contribution in [-0.2, 0) is 4.79 Å². The number of rotatable bonds is 11. The van der Waals surface area contributed by atoms with E-state index < -0.39 is 0 Å². The summed E-state index contributed by atoms with van der Waals surface area (Å²) in [6.07, 6.45) is 6.74. The van der Waals surface area contributed by atoms with Gasteiger partial charge in [0.25, 0.3) is 0 Å². The highest BCUT2D eigenvalue weighted by Crippen LogP contribution is 2.30. The van der Waals surface area contributed by atoms with Gasteiger partial charge >= 0.3 is 0 Å². The normalized spacial score (nSPS) is 19.5. The maximum Gasteiger partial charge on any atom is 0.223 e. The molecule has 1 atom stereocenters. The van der Waals surface area contributed by atoms with E-state index in [-0.39, 0.29) is 23.7 Å². The van der Waals surface area contributed by atoms with Crippen LogP contribution in [0.25, 0.3) is 0 Å². The second-order valence-corrected chi connectivity index (χ2v) is 9.69. The fourth-order valence-corrected chi connectivity index (χ4v) is 5.18. The molecule has 1 aromatic rings. The number of nitrogens with two attached hydrogens (primary N) is 1. The number of nitrogens with one attached hydrogen (secondary N) is 2. The van der Waals surface area contributed by atoms with Gasteiger partial charge in [-0.05, 0) is 82.2 Å². The Balaban J connectivity index is 1.59. The van der Waals surface area contributed by atoms with Crippen molar-refractivity contribution >= 4 is 11.6 Å². The number of quaternary nitrogens is 1. The van der Waals surface area contributed by atoms with Gasteiger partial charge in [-0.15, -0.1) is 0 Å². The summed E-state index contributed by atoms with van der Waals surface area (Å²) in [6, 6.07) is 6.50. The van der Waals surface area contributed by atoms with E-state index in [4.69, 9.17) is 5.41 Å². The van der Waals surface area contributed by atoms with Gasteiger partial charge in [0.2, 0.25) is 5.91 Å². The third kappa shape index (κ3) is 6.97. The van der Waals surface area contributed by atoms with E-state index in [2.05, 4.69) is 36.3 Å². The summed E-state index contributed by atoms with van der Waals surface area (Å²) in [5.74, 6) is 0.436. The van der Waals surface area contributed by atoms with E-state index in [9.17, 15) is 9.18 Å². The van der Waals surface area contributed by atoms with Crippen molar-refractivity contribution in [1.29, 1.82) is 5.41 Å². The van der Waals surface area contributed by atoms with Gasteiger partial charge in [-0.25, -0.2) is 4.39 Å². The van der Waals surface area contributed by atoms with Gasteiger partial charge in [0, 0.05) is 30.7 Å². The Morgan fingerprint density at radius 3 is 2.52 bits per heavy atom. The van der Waals surface area contributed by atoms with E-state index in [1.807, 2.05) is 6.07 Å². The quantitative estimate of drug-likeness (QED) is 0.436. The second kappa shape index (κ2) is 12.4. The number of piperidine rings is 1. The summed E-state index contributed by atoms with van der Waals surface area (Å²) in [5.41, 5.74) is 4.16. The lowest BCUT2D eigenvalue weighted by Crippen LogP contribution is -2.81. The molecule has 4 N–H and O–H groups in total. The molecule has 0 radical (unpaired) electrons. The summed E-state index contributed by atoms with van der Waals surface area (Å²) < 4.78 is 13.9. The number of likely N-dealkylation sites (tertiary alicyclic amines) is 1. The number of hydrogen-bond acceptors (Lipinski definition) is 3. The van der Waals surface area contributed by atoms with Crippen LogP contribution in [0.3, 0.4) is 0 Å². The van der Waals surface area contributed by atoms with Crippen molar-refractivity contribution in [1.82, 2.24) is 10.2 Å². The summed E-state index contributed by atoms with van der Waals surface area (Å²) in [5, 5.41) is 14.0. The molecule has 1 aliphatic carbocycles. The monoisotopic (exact) mass is 457 g/mol. The molecule has 1 heterocycles. The van der Waals surface area contributed by atoms with Crippen molar-refractivity contribution in [2.75, 3.05) is 26.2 Å². The zero-order valence-electron chi connectivity index (χ0n) is 20.6. The first-order valence-corrected chi connectivity index (χ1v) is 12.8. The van der Waals surface area contributed by atoms with Crippen molar-refractivity contribution < 1.29 is 14.5 Å². The summed E-state index contributed by atoms with van der Waals surface area (Å²) in [4.78, 5) is 15.1. The predicted octanol–water partition coefficient (Wildman–Crippen LogP) is 4.17. The molecular weight excluding hydrogens is 415 g/mol. The maximum absolute atomic E-state index is 13.9. The lowest BCUT2D eigenvalue weighted by Gasteiger charge is -2.34. The van der Waals surface area contributed by atoms with Gasteiger partial charge in [0.15, 0.2) is 0 Å². The highest BCUT2D eigenvalue weighted by molar-refractivity contribution is 5.98. The number of halogens is 1. The average Bonchev–Trinajstić information content (AvgIpc) is 2.76. The summed E-state index contributed by atoms with van der Waals surface area (Å²) in [6.45, 7) is 10.2. The van der Waals surface area contributed by atoms with Crippen LogP contribution in [0.2, 0.25) is 0 Å². The van der Waals surface area contributed by atoms with Gasteiger partial charge < -0.3 is 20.9 Å². The molecule has 6 heteroatoms. The molecule has 2 fully saturated rings. The third-order valence-corrected chi connectivity index (χ3v) is 7.39.